The van der Waals surface area contributed by atoms with Crippen LogP contribution in [0.3, 0.4) is 0 Å². The Hall–Kier alpha value is -3.53. The van der Waals surface area contributed by atoms with Crippen LogP contribution in [-0.4, -0.2) is 184 Å². The number of amides is 1. The summed E-state index contributed by atoms with van der Waals surface area (Å²) in [6.07, 6.45) is 9.89. The Morgan fingerprint density at radius 1 is 0.805 bits per heavy atom. The topological polar surface area (TPSA) is 232 Å². The SMILES string of the molecule is CO[C@@H]1C[C@H](C[C@@H](C)[C@@H]2CC(=O)[C@H](C)/C=C(\C)[C@@H](O)[C@@H](OC)C(=O)[C@H](C)C[C@H](C)/C=C/C=C/C=C(\C)[C@H](OCC3COCCOCCOCCO3)C[C@@H]3CC[C@@H](C)[C@@](O)(O3)C(=O)C(=O)N3CCCC[C@H]3C(=O)O2)CC[C@H]1O. The van der Waals surface area contributed by atoms with Crippen molar-refractivity contribution in [1.29, 1.82) is 0 Å². The average molecular weight is 1090 g/mol. The van der Waals surface area contributed by atoms with Crippen LogP contribution >= 0.6 is 0 Å². The van der Waals surface area contributed by atoms with Gasteiger partial charge in [0.05, 0.1) is 77.3 Å². The van der Waals surface area contributed by atoms with Crippen LogP contribution in [0.25, 0.3) is 0 Å². The third-order valence-electron chi connectivity index (χ3n) is 16.3. The number of carbonyl (C=O) groups excluding carboxylic acids is 5. The summed E-state index contributed by atoms with van der Waals surface area (Å²) < 4.78 is 53.7. The normalized spacial score (nSPS) is 39.1. The number of esters is 1. The van der Waals surface area contributed by atoms with Crippen molar-refractivity contribution in [2.45, 2.75) is 186 Å². The van der Waals surface area contributed by atoms with E-state index in [1.165, 1.54) is 12.0 Å². The second-order valence-electron chi connectivity index (χ2n) is 22.5. The standard InChI is InChI=1S/C59H93NO17/c1-37-15-11-10-12-16-38(2)50(75-36-46-35-73-26-25-71-23-24-72-27-28-74-46)33-45-20-18-43(7)59(68,77-45)56(65)57(66)60-22-14-13-17-47(60)58(67)76-51(40(4)31-44-19-21-48(61)52(32-44)69-8)34-49(62)39(3)30-42(6)54(64)55(70-9)53(63)41(5)29-37/h10-12,15-16,30,37,39-41,43-48,50-52,54-55,61,64,68H,13-14,17-29,31-36H2,1-9H3/b12-10+,15-11+,38-16+,42-30+/t37-,39-,40-,41-,43-,44+,45+,46?,47+,48-,50-,51+,52-,54-,55+,59-/m1/s1. The first-order valence-corrected chi connectivity index (χ1v) is 28.4. The third kappa shape index (κ3) is 19.0. The monoisotopic (exact) mass is 1090 g/mol. The molecule has 0 aromatic heterocycles. The summed E-state index contributed by atoms with van der Waals surface area (Å²) in [5.41, 5.74) is 1.19. The van der Waals surface area contributed by atoms with Crippen molar-refractivity contribution in [3.8, 4) is 0 Å². The van der Waals surface area contributed by atoms with Gasteiger partial charge in [-0.15, -0.1) is 0 Å². The number of hydrogen-bond donors (Lipinski definition) is 3. The van der Waals surface area contributed by atoms with Gasteiger partial charge in [-0.2, -0.15) is 0 Å². The van der Waals surface area contributed by atoms with Gasteiger partial charge in [-0.3, -0.25) is 19.2 Å². The molecule has 0 spiro atoms. The van der Waals surface area contributed by atoms with E-state index in [4.69, 9.17) is 42.6 Å². The van der Waals surface area contributed by atoms with Crippen molar-refractivity contribution in [1.82, 2.24) is 4.90 Å². The van der Waals surface area contributed by atoms with Gasteiger partial charge in [0.2, 0.25) is 5.79 Å². The second-order valence-corrected chi connectivity index (χ2v) is 22.5. The third-order valence-corrected chi connectivity index (χ3v) is 16.3. The molecule has 18 nitrogen and oxygen atoms in total. The minimum Gasteiger partial charge on any atom is -0.460 e. The molecule has 77 heavy (non-hydrogen) atoms. The Balaban J connectivity index is 1.47. The van der Waals surface area contributed by atoms with Gasteiger partial charge in [-0.05, 0) is 107 Å². The maximum absolute atomic E-state index is 14.6. The van der Waals surface area contributed by atoms with Crippen LogP contribution in [-0.2, 0) is 66.6 Å². The number of nitrogens with zero attached hydrogens (tertiary/aromatic N) is 1. The summed E-state index contributed by atoms with van der Waals surface area (Å²) in [6, 6.07) is -1.18. The van der Waals surface area contributed by atoms with Gasteiger partial charge in [0.15, 0.2) is 5.78 Å². The summed E-state index contributed by atoms with van der Waals surface area (Å²) in [5, 5.41) is 34.4. The maximum Gasteiger partial charge on any atom is 0.329 e. The van der Waals surface area contributed by atoms with E-state index in [-0.39, 0.29) is 74.4 Å². The second kappa shape index (κ2) is 32.1. The molecular formula is C59H93NO17. The number of cyclic esters (lactones) is 1. The number of methoxy groups -OCH3 is 2. The molecule has 0 aromatic rings. The number of piperidine rings is 1. The van der Waals surface area contributed by atoms with Gasteiger partial charge in [-0.1, -0.05) is 71.1 Å². The van der Waals surface area contributed by atoms with E-state index in [0.717, 1.165) is 5.57 Å². The quantitative estimate of drug-likeness (QED) is 0.144. The molecule has 18 heteroatoms. The molecule has 3 saturated heterocycles. The predicted octanol–water partition coefficient (Wildman–Crippen LogP) is 6.00. The molecule has 1 unspecified atom stereocenters. The molecule has 4 heterocycles. The Bertz CT molecular complexity index is 2010. The molecule has 4 fully saturated rings. The number of fused-ring (bicyclic) bond motifs is 3. The van der Waals surface area contributed by atoms with Crippen LogP contribution in [0, 0.1) is 35.5 Å². The molecule has 0 radical (unpaired) electrons. The number of rotatable bonds is 8. The highest BCUT2D eigenvalue weighted by molar-refractivity contribution is 6.39. The molecule has 0 aromatic carbocycles. The number of hydrogen-bond acceptors (Lipinski definition) is 17. The van der Waals surface area contributed by atoms with Gasteiger partial charge < -0.3 is 62.9 Å². The number of Topliss-reactive ketones (excluding diaryl/α,β-unsaturated/α-hetero) is 3. The Kier molecular flexibility index (Phi) is 26.8. The fourth-order valence-electron chi connectivity index (χ4n) is 11.3. The summed E-state index contributed by atoms with van der Waals surface area (Å²) in [5.74, 6) is -8.37. The van der Waals surface area contributed by atoms with E-state index >= 15 is 0 Å². The molecule has 5 aliphatic rings. The number of allylic oxidation sites excluding steroid dienone is 6. The fraction of sp³-hybridized carbons (Fsp3) is 0.780. The van der Waals surface area contributed by atoms with Crippen LogP contribution in [0.2, 0.25) is 0 Å². The summed E-state index contributed by atoms with van der Waals surface area (Å²) in [6.45, 7) is 15.4. The zero-order valence-electron chi connectivity index (χ0n) is 47.5. The average Bonchev–Trinajstić information content (AvgIpc) is 3.40. The maximum atomic E-state index is 14.6. The molecule has 16 atom stereocenters. The van der Waals surface area contributed by atoms with Gasteiger partial charge in [0.25, 0.3) is 11.7 Å². The smallest absolute Gasteiger partial charge is 0.329 e. The molecule has 2 bridgehead atoms. The largest absolute Gasteiger partial charge is 0.460 e. The lowest BCUT2D eigenvalue weighted by Gasteiger charge is -2.43. The number of carbonyl (C=O) groups is 5. The van der Waals surface area contributed by atoms with Crippen molar-refractivity contribution in [2.24, 2.45) is 35.5 Å². The van der Waals surface area contributed by atoms with E-state index in [9.17, 15) is 39.3 Å². The molecule has 1 saturated carbocycles. The van der Waals surface area contributed by atoms with Crippen molar-refractivity contribution in [3.63, 3.8) is 0 Å². The molecule has 1 aliphatic carbocycles. The van der Waals surface area contributed by atoms with Crippen molar-refractivity contribution >= 4 is 29.2 Å². The van der Waals surface area contributed by atoms with Crippen LogP contribution in [0.15, 0.2) is 47.6 Å². The number of ketones is 3. The molecule has 436 valence electrons. The van der Waals surface area contributed by atoms with E-state index in [0.29, 0.717) is 103 Å². The first kappa shape index (κ1) is 64.3. The summed E-state index contributed by atoms with van der Waals surface area (Å²) in [7, 11) is 2.94. The van der Waals surface area contributed by atoms with E-state index in [1.807, 2.05) is 58.1 Å². The number of ether oxygens (including phenoxy) is 9. The molecule has 4 aliphatic heterocycles. The molecule has 5 rings (SSSR count). The highest BCUT2D eigenvalue weighted by Crippen LogP contribution is 2.38. The first-order valence-electron chi connectivity index (χ1n) is 28.4. The van der Waals surface area contributed by atoms with Crippen molar-refractivity contribution in [2.75, 3.05) is 73.6 Å². The lowest BCUT2D eigenvalue weighted by Crippen LogP contribution is -2.61. The highest BCUT2D eigenvalue weighted by atomic mass is 16.6. The minimum absolute atomic E-state index is 0.0275. The molecule has 3 N–H and O–H groups in total. The number of aliphatic hydroxyl groups is 3. The highest BCUT2D eigenvalue weighted by Gasteiger charge is 2.53. The van der Waals surface area contributed by atoms with Crippen LogP contribution in [0.5, 0.6) is 0 Å². The van der Waals surface area contributed by atoms with E-state index in [1.54, 1.807) is 34.0 Å². The van der Waals surface area contributed by atoms with Crippen LogP contribution in [0.4, 0.5) is 0 Å². The fourth-order valence-corrected chi connectivity index (χ4v) is 11.3. The van der Waals surface area contributed by atoms with Crippen LogP contribution < -0.4 is 0 Å². The first-order chi connectivity index (χ1) is 36.8. The Labute approximate surface area is 457 Å². The summed E-state index contributed by atoms with van der Waals surface area (Å²) in [4.78, 5) is 73.0. The Morgan fingerprint density at radius 3 is 2.23 bits per heavy atom. The zero-order chi connectivity index (χ0) is 56.2. The van der Waals surface area contributed by atoms with Crippen molar-refractivity contribution in [3.05, 3.63) is 47.6 Å². The van der Waals surface area contributed by atoms with Crippen molar-refractivity contribution < 1.29 is 81.9 Å². The van der Waals surface area contributed by atoms with Gasteiger partial charge in [-0.25, -0.2) is 4.79 Å². The number of aliphatic hydroxyl groups excluding tert-OH is 2. The molecule has 1 amide bonds. The Morgan fingerprint density at radius 2 is 1.52 bits per heavy atom. The van der Waals surface area contributed by atoms with Gasteiger partial charge in [0, 0.05) is 51.4 Å². The zero-order valence-corrected chi connectivity index (χ0v) is 47.5. The molecular weight excluding hydrogens is 995 g/mol. The van der Waals surface area contributed by atoms with E-state index < -0.39 is 90.0 Å². The van der Waals surface area contributed by atoms with Crippen LogP contribution in [0.1, 0.15) is 126 Å². The lowest BCUT2D eigenvalue weighted by atomic mass is 9.78. The van der Waals surface area contributed by atoms with Gasteiger partial charge >= 0.3 is 5.97 Å². The summed E-state index contributed by atoms with van der Waals surface area (Å²) >= 11 is 0. The lowest BCUT2D eigenvalue weighted by molar-refractivity contribution is -0.266. The minimum atomic E-state index is -2.51. The predicted molar refractivity (Wildman–Crippen MR) is 286 cm³/mol. The van der Waals surface area contributed by atoms with Gasteiger partial charge in [0.1, 0.15) is 36.2 Å². The van der Waals surface area contributed by atoms with E-state index in [2.05, 4.69) is 0 Å².